The number of carbonyl (C=O) groups excluding carboxylic acids is 1. The van der Waals surface area contributed by atoms with Crippen LogP contribution in [0.2, 0.25) is 0 Å². The van der Waals surface area contributed by atoms with Crippen molar-refractivity contribution in [3.05, 3.63) is 64.8 Å². The molecular weight excluding hydrogens is 334 g/mol. The number of benzene rings is 2. The molecule has 0 saturated heterocycles. The van der Waals surface area contributed by atoms with Crippen LogP contribution >= 0.6 is 15.9 Å². The molecule has 0 bridgehead atoms. The highest BCUT2D eigenvalue weighted by Gasteiger charge is 2.12. The molecule has 0 amide bonds. The highest BCUT2D eigenvalue weighted by Crippen LogP contribution is 2.34. The average Bonchev–Trinajstić information content (AvgIpc) is 2.95. The van der Waals surface area contributed by atoms with Crippen LogP contribution in [-0.4, -0.2) is 12.6 Å². The number of carbonyl (C=O) groups is 1. The fraction of sp³-hybridized carbons (Fsp3) is 0.0625. The van der Waals surface area contributed by atoms with Gasteiger partial charge in [-0.25, -0.2) is 0 Å². The summed E-state index contributed by atoms with van der Waals surface area (Å²) in [6, 6.07) is 12.8. The Bertz CT molecular complexity index is 695. The van der Waals surface area contributed by atoms with Gasteiger partial charge in [-0.15, -0.1) is 0 Å². The van der Waals surface area contributed by atoms with Crippen LogP contribution in [0.15, 0.2) is 59.2 Å². The summed E-state index contributed by atoms with van der Waals surface area (Å²) in [5.41, 5.74) is 1.47. The molecule has 0 saturated carbocycles. The Morgan fingerprint density at radius 2 is 1.86 bits per heavy atom. The fourth-order valence-electron chi connectivity index (χ4n) is 1.91. The molecule has 1 aliphatic rings. The van der Waals surface area contributed by atoms with Crippen LogP contribution < -0.4 is 14.8 Å². The number of rotatable bonds is 4. The molecule has 106 valence electrons. The summed E-state index contributed by atoms with van der Waals surface area (Å²) in [6.07, 6.45) is 3.11. The lowest BCUT2D eigenvalue weighted by molar-refractivity contribution is 0.104. The lowest BCUT2D eigenvalue weighted by atomic mass is 10.1. The zero-order valence-corrected chi connectivity index (χ0v) is 12.6. The summed E-state index contributed by atoms with van der Waals surface area (Å²) in [4.78, 5) is 11.9. The molecular formula is C16H12BrNO3. The number of halogens is 1. The number of hydrogen-bond donors (Lipinski definition) is 1. The first kappa shape index (κ1) is 13.7. The minimum atomic E-state index is -0.0595. The van der Waals surface area contributed by atoms with Gasteiger partial charge in [0.05, 0.1) is 0 Å². The van der Waals surface area contributed by atoms with E-state index < -0.39 is 0 Å². The molecule has 0 atom stereocenters. The van der Waals surface area contributed by atoms with Crippen LogP contribution in [0, 0.1) is 0 Å². The van der Waals surface area contributed by atoms with Gasteiger partial charge in [0, 0.05) is 34.1 Å². The van der Waals surface area contributed by atoms with Gasteiger partial charge in [0.1, 0.15) is 0 Å². The minimum Gasteiger partial charge on any atom is -0.454 e. The molecule has 1 aliphatic heterocycles. The highest BCUT2D eigenvalue weighted by atomic mass is 79.9. The van der Waals surface area contributed by atoms with E-state index in [2.05, 4.69) is 21.2 Å². The molecule has 21 heavy (non-hydrogen) atoms. The van der Waals surface area contributed by atoms with Crippen molar-refractivity contribution < 1.29 is 14.3 Å². The normalized spacial score (nSPS) is 12.6. The molecule has 0 radical (unpaired) electrons. The maximum absolute atomic E-state index is 11.9. The van der Waals surface area contributed by atoms with E-state index in [4.69, 9.17) is 9.47 Å². The minimum absolute atomic E-state index is 0.0595. The van der Waals surface area contributed by atoms with E-state index in [1.807, 2.05) is 30.3 Å². The number of anilines is 1. The second kappa shape index (κ2) is 6.01. The molecule has 1 N–H and O–H groups in total. The van der Waals surface area contributed by atoms with Crippen LogP contribution in [0.1, 0.15) is 10.4 Å². The predicted molar refractivity (Wildman–Crippen MR) is 83.8 cm³/mol. The van der Waals surface area contributed by atoms with E-state index in [9.17, 15) is 4.79 Å². The van der Waals surface area contributed by atoms with E-state index in [1.165, 1.54) is 6.08 Å². The zero-order valence-electron chi connectivity index (χ0n) is 11.0. The van der Waals surface area contributed by atoms with E-state index in [1.54, 1.807) is 18.3 Å². The Labute approximate surface area is 130 Å². The van der Waals surface area contributed by atoms with Crippen molar-refractivity contribution in [3.63, 3.8) is 0 Å². The monoisotopic (exact) mass is 345 g/mol. The van der Waals surface area contributed by atoms with Gasteiger partial charge < -0.3 is 14.8 Å². The van der Waals surface area contributed by atoms with E-state index in [0.717, 1.165) is 15.9 Å². The van der Waals surface area contributed by atoms with Crippen molar-refractivity contribution in [2.75, 3.05) is 12.1 Å². The summed E-state index contributed by atoms with van der Waals surface area (Å²) in [5.74, 6) is 1.37. The summed E-state index contributed by atoms with van der Waals surface area (Å²) >= 11 is 3.34. The largest absolute Gasteiger partial charge is 0.454 e. The molecule has 3 rings (SSSR count). The third-order valence-electron chi connectivity index (χ3n) is 2.99. The first-order valence-electron chi connectivity index (χ1n) is 6.35. The maximum atomic E-state index is 11.9. The molecule has 0 aromatic heterocycles. The van der Waals surface area contributed by atoms with Gasteiger partial charge in [0.15, 0.2) is 17.3 Å². The maximum Gasteiger partial charge on any atom is 0.231 e. The first-order valence-corrected chi connectivity index (χ1v) is 7.14. The van der Waals surface area contributed by atoms with Gasteiger partial charge in [-0.1, -0.05) is 15.9 Å². The second-order valence-electron chi connectivity index (χ2n) is 4.42. The molecule has 5 heteroatoms. The molecule has 2 aromatic carbocycles. The van der Waals surface area contributed by atoms with Crippen LogP contribution in [0.25, 0.3) is 0 Å². The zero-order chi connectivity index (χ0) is 14.7. The van der Waals surface area contributed by atoms with Crippen molar-refractivity contribution in [3.8, 4) is 11.5 Å². The molecule has 0 unspecified atom stereocenters. The highest BCUT2D eigenvalue weighted by molar-refractivity contribution is 9.10. The van der Waals surface area contributed by atoms with Crippen molar-refractivity contribution >= 4 is 27.4 Å². The lowest BCUT2D eigenvalue weighted by Gasteiger charge is -2.02. The van der Waals surface area contributed by atoms with Gasteiger partial charge in [0.2, 0.25) is 6.79 Å². The number of ether oxygens (including phenoxy) is 2. The van der Waals surface area contributed by atoms with Crippen LogP contribution in [-0.2, 0) is 0 Å². The number of allylic oxidation sites excluding steroid dienone is 1. The molecule has 2 aromatic rings. The molecule has 0 fully saturated rings. The van der Waals surface area contributed by atoms with E-state index >= 15 is 0 Å². The molecule has 1 heterocycles. The summed E-state index contributed by atoms with van der Waals surface area (Å²) in [5, 5.41) is 3.04. The Balaban J connectivity index is 1.64. The average molecular weight is 346 g/mol. The van der Waals surface area contributed by atoms with Crippen LogP contribution in [0.4, 0.5) is 5.69 Å². The Morgan fingerprint density at radius 1 is 1.10 bits per heavy atom. The van der Waals surface area contributed by atoms with Crippen molar-refractivity contribution in [1.29, 1.82) is 0 Å². The van der Waals surface area contributed by atoms with Crippen LogP contribution in [0.5, 0.6) is 11.5 Å². The van der Waals surface area contributed by atoms with E-state index in [0.29, 0.717) is 11.3 Å². The number of nitrogens with one attached hydrogen (secondary N) is 1. The summed E-state index contributed by atoms with van der Waals surface area (Å²) in [7, 11) is 0. The first-order chi connectivity index (χ1) is 10.2. The molecule has 4 nitrogen and oxygen atoms in total. The van der Waals surface area contributed by atoms with Crippen molar-refractivity contribution in [2.45, 2.75) is 0 Å². The number of fused-ring (bicyclic) bond motifs is 1. The van der Waals surface area contributed by atoms with Gasteiger partial charge in [-0.3, -0.25) is 4.79 Å². The summed E-state index contributed by atoms with van der Waals surface area (Å²) in [6.45, 7) is 0.247. The van der Waals surface area contributed by atoms with E-state index in [-0.39, 0.29) is 12.6 Å². The topological polar surface area (TPSA) is 47.6 Å². The lowest BCUT2D eigenvalue weighted by Crippen LogP contribution is -1.96. The van der Waals surface area contributed by atoms with Gasteiger partial charge in [0.25, 0.3) is 0 Å². The standard InChI is InChI=1S/C16H12BrNO3/c17-12-3-1-11(2-4-12)14(19)7-8-18-13-5-6-15-16(9-13)21-10-20-15/h1-9,18H,10H2/b8-7-. The quantitative estimate of drug-likeness (QED) is 0.672. The smallest absolute Gasteiger partial charge is 0.231 e. The van der Waals surface area contributed by atoms with Gasteiger partial charge in [-0.05, 0) is 36.4 Å². The van der Waals surface area contributed by atoms with Gasteiger partial charge in [-0.2, -0.15) is 0 Å². The third-order valence-corrected chi connectivity index (χ3v) is 3.51. The number of ketones is 1. The fourth-order valence-corrected chi connectivity index (χ4v) is 2.17. The van der Waals surface area contributed by atoms with Crippen molar-refractivity contribution in [2.24, 2.45) is 0 Å². The Morgan fingerprint density at radius 3 is 2.67 bits per heavy atom. The van der Waals surface area contributed by atoms with Crippen molar-refractivity contribution in [1.82, 2.24) is 0 Å². The molecule has 0 spiro atoms. The van der Waals surface area contributed by atoms with Gasteiger partial charge >= 0.3 is 0 Å². The Kier molecular flexibility index (Phi) is 3.92. The third kappa shape index (κ3) is 3.25. The Hall–Kier alpha value is -2.27. The van der Waals surface area contributed by atoms with Crippen LogP contribution in [0.3, 0.4) is 0 Å². The predicted octanol–water partition coefficient (Wildman–Crippen LogP) is 3.99. The second-order valence-corrected chi connectivity index (χ2v) is 5.33. The SMILES string of the molecule is O=C(/C=C\Nc1ccc2c(c1)OCO2)c1ccc(Br)cc1. The number of hydrogen-bond acceptors (Lipinski definition) is 4. The summed E-state index contributed by atoms with van der Waals surface area (Å²) < 4.78 is 11.5. The molecule has 0 aliphatic carbocycles.